The van der Waals surface area contributed by atoms with E-state index in [1.165, 1.54) is 18.9 Å². The maximum atomic E-state index is 13.0. The molecule has 76 valence electrons. The van der Waals surface area contributed by atoms with Gasteiger partial charge in [0.15, 0.2) is 0 Å². The van der Waals surface area contributed by atoms with Gasteiger partial charge in [0.05, 0.1) is 0 Å². The van der Waals surface area contributed by atoms with Crippen LogP contribution in [0, 0.1) is 18.7 Å². The van der Waals surface area contributed by atoms with Crippen molar-refractivity contribution in [1.29, 1.82) is 0 Å². The van der Waals surface area contributed by atoms with E-state index < -0.39 is 0 Å². The highest BCUT2D eigenvalue weighted by atomic mass is 19.1. The van der Waals surface area contributed by atoms with Crippen molar-refractivity contribution in [2.45, 2.75) is 32.7 Å². The molecule has 0 aromatic heterocycles. The van der Waals surface area contributed by atoms with E-state index in [2.05, 4.69) is 12.2 Å². The highest BCUT2D eigenvalue weighted by Gasteiger charge is 2.27. The van der Waals surface area contributed by atoms with Gasteiger partial charge in [0.1, 0.15) is 5.82 Å². The topological polar surface area (TPSA) is 12.0 Å². The summed E-state index contributed by atoms with van der Waals surface area (Å²) in [4.78, 5) is 0. The zero-order chi connectivity index (χ0) is 10.1. The Bertz CT molecular complexity index is 331. The van der Waals surface area contributed by atoms with Crippen molar-refractivity contribution in [2.24, 2.45) is 5.92 Å². The van der Waals surface area contributed by atoms with Crippen LogP contribution in [0.25, 0.3) is 0 Å². The number of aryl methyl sites for hydroxylation is 1. The molecule has 0 aliphatic heterocycles. The third-order valence-electron chi connectivity index (χ3n) is 2.88. The molecular weight excluding hydrogens is 177 g/mol. The number of hydrogen-bond acceptors (Lipinski definition) is 1. The van der Waals surface area contributed by atoms with Crippen LogP contribution in [-0.4, -0.2) is 6.04 Å². The highest BCUT2D eigenvalue weighted by Crippen LogP contribution is 2.34. The van der Waals surface area contributed by atoms with Crippen molar-refractivity contribution < 1.29 is 4.39 Å². The summed E-state index contributed by atoms with van der Waals surface area (Å²) in [5.74, 6) is 0.690. The van der Waals surface area contributed by atoms with E-state index in [1.807, 2.05) is 6.07 Å². The lowest BCUT2D eigenvalue weighted by molar-refractivity contribution is 0.618. The fourth-order valence-corrected chi connectivity index (χ4v) is 1.71. The molecule has 1 nitrogen and oxygen atoms in total. The standard InChI is InChI=1S/C12H16FN/c1-8-7-11(5-6-12(8)13)14-9(2)10-3-4-10/h5-7,9-10,14H,3-4H2,1-2H3. The van der Waals surface area contributed by atoms with Crippen LogP contribution in [0.5, 0.6) is 0 Å². The average molecular weight is 193 g/mol. The molecule has 0 bridgehead atoms. The lowest BCUT2D eigenvalue weighted by Gasteiger charge is -2.14. The first kappa shape index (κ1) is 9.50. The van der Waals surface area contributed by atoms with E-state index >= 15 is 0 Å². The molecule has 1 aliphatic rings. The summed E-state index contributed by atoms with van der Waals surface area (Å²) in [5, 5.41) is 3.41. The van der Waals surface area contributed by atoms with Gasteiger partial charge in [0.25, 0.3) is 0 Å². The van der Waals surface area contributed by atoms with Crippen LogP contribution >= 0.6 is 0 Å². The first-order valence-electron chi connectivity index (χ1n) is 5.19. The third kappa shape index (κ3) is 2.06. The molecule has 0 spiro atoms. The van der Waals surface area contributed by atoms with Crippen LogP contribution in [0.1, 0.15) is 25.3 Å². The Morgan fingerprint density at radius 3 is 2.71 bits per heavy atom. The van der Waals surface area contributed by atoms with E-state index in [1.54, 1.807) is 13.0 Å². The molecule has 1 fully saturated rings. The fraction of sp³-hybridized carbons (Fsp3) is 0.500. The van der Waals surface area contributed by atoms with Gasteiger partial charge in [0.2, 0.25) is 0 Å². The summed E-state index contributed by atoms with van der Waals surface area (Å²) in [6.07, 6.45) is 2.66. The molecule has 1 unspecified atom stereocenters. The Kier molecular flexibility index (Phi) is 2.44. The van der Waals surface area contributed by atoms with Crippen LogP contribution in [-0.2, 0) is 0 Å². The smallest absolute Gasteiger partial charge is 0.126 e. The molecular formula is C12H16FN. The van der Waals surface area contributed by atoms with E-state index in [-0.39, 0.29) is 5.82 Å². The van der Waals surface area contributed by atoms with Crippen LogP contribution in [0.15, 0.2) is 18.2 Å². The zero-order valence-corrected chi connectivity index (χ0v) is 8.68. The number of anilines is 1. The lowest BCUT2D eigenvalue weighted by Crippen LogP contribution is -2.17. The molecule has 0 amide bonds. The summed E-state index contributed by atoms with van der Waals surface area (Å²) in [6, 6.07) is 5.71. The van der Waals surface area contributed by atoms with Crippen LogP contribution < -0.4 is 5.32 Å². The largest absolute Gasteiger partial charge is 0.382 e. The Labute approximate surface area is 84.3 Å². The first-order chi connectivity index (χ1) is 6.66. The maximum absolute atomic E-state index is 13.0. The van der Waals surface area contributed by atoms with Crippen LogP contribution in [0.4, 0.5) is 10.1 Å². The SMILES string of the molecule is Cc1cc(NC(C)C2CC2)ccc1F. The average Bonchev–Trinajstić information content (AvgIpc) is 2.94. The Morgan fingerprint density at radius 1 is 1.43 bits per heavy atom. The molecule has 1 atom stereocenters. The number of halogens is 1. The maximum Gasteiger partial charge on any atom is 0.126 e. The predicted octanol–water partition coefficient (Wildman–Crippen LogP) is 3.34. The van der Waals surface area contributed by atoms with Gasteiger partial charge in [-0.25, -0.2) is 4.39 Å². The minimum Gasteiger partial charge on any atom is -0.382 e. The molecule has 2 rings (SSSR count). The highest BCUT2D eigenvalue weighted by molar-refractivity contribution is 5.46. The van der Waals surface area contributed by atoms with Gasteiger partial charge in [-0.1, -0.05) is 0 Å². The summed E-state index contributed by atoms with van der Waals surface area (Å²) < 4.78 is 13.0. The van der Waals surface area contributed by atoms with Gasteiger partial charge in [-0.05, 0) is 56.4 Å². The normalized spacial score (nSPS) is 17.9. The number of benzene rings is 1. The minimum absolute atomic E-state index is 0.130. The Morgan fingerprint density at radius 2 is 2.14 bits per heavy atom. The summed E-state index contributed by atoms with van der Waals surface area (Å²) in [7, 11) is 0. The Balaban J connectivity index is 2.04. The van der Waals surface area contributed by atoms with Crippen molar-refractivity contribution in [3.8, 4) is 0 Å². The molecule has 2 heteroatoms. The molecule has 1 saturated carbocycles. The molecule has 0 radical (unpaired) electrons. The van der Waals surface area contributed by atoms with Crippen molar-refractivity contribution in [1.82, 2.24) is 0 Å². The second-order valence-corrected chi connectivity index (χ2v) is 4.23. The van der Waals surface area contributed by atoms with Crippen molar-refractivity contribution in [3.05, 3.63) is 29.6 Å². The number of hydrogen-bond donors (Lipinski definition) is 1. The van der Waals surface area contributed by atoms with Gasteiger partial charge in [-0.3, -0.25) is 0 Å². The van der Waals surface area contributed by atoms with E-state index in [0.717, 1.165) is 11.6 Å². The van der Waals surface area contributed by atoms with Crippen molar-refractivity contribution in [2.75, 3.05) is 5.32 Å². The summed E-state index contributed by atoms with van der Waals surface area (Å²) >= 11 is 0. The van der Waals surface area contributed by atoms with Crippen molar-refractivity contribution in [3.63, 3.8) is 0 Å². The van der Waals surface area contributed by atoms with Gasteiger partial charge in [-0.15, -0.1) is 0 Å². The van der Waals surface area contributed by atoms with Crippen LogP contribution in [0.2, 0.25) is 0 Å². The van der Waals surface area contributed by atoms with E-state index in [0.29, 0.717) is 11.6 Å². The van der Waals surface area contributed by atoms with Crippen LogP contribution in [0.3, 0.4) is 0 Å². The van der Waals surface area contributed by atoms with Gasteiger partial charge in [-0.2, -0.15) is 0 Å². The molecule has 14 heavy (non-hydrogen) atoms. The van der Waals surface area contributed by atoms with Gasteiger partial charge in [0, 0.05) is 11.7 Å². The van der Waals surface area contributed by atoms with E-state index in [9.17, 15) is 4.39 Å². The Hall–Kier alpha value is -1.05. The zero-order valence-electron chi connectivity index (χ0n) is 8.68. The lowest BCUT2D eigenvalue weighted by atomic mass is 10.1. The molecule has 0 heterocycles. The number of rotatable bonds is 3. The van der Waals surface area contributed by atoms with Gasteiger partial charge < -0.3 is 5.32 Å². The minimum atomic E-state index is -0.130. The van der Waals surface area contributed by atoms with E-state index in [4.69, 9.17) is 0 Å². The monoisotopic (exact) mass is 193 g/mol. The van der Waals surface area contributed by atoms with Gasteiger partial charge >= 0.3 is 0 Å². The number of nitrogens with one attached hydrogen (secondary N) is 1. The summed E-state index contributed by atoms with van der Waals surface area (Å²) in [6.45, 7) is 3.98. The second kappa shape index (κ2) is 3.60. The molecule has 1 aromatic rings. The quantitative estimate of drug-likeness (QED) is 0.776. The second-order valence-electron chi connectivity index (χ2n) is 4.23. The molecule has 1 aliphatic carbocycles. The predicted molar refractivity (Wildman–Crippen MR) is 56.9 cm³/mol. The third-order valence-corrected chi connectivity index (χ3v) is 2.88. The summed E-state index contributed by atoms with van der Waals surface area (Å²) in [5.41, 5.74) is 1.74. The van der Waals surface area contributed by atoms with Crippen molar-refractivity contribution >= 4 is 5.69 Å². The molecule has 0 saturated heterocycles. The molecule has 1 N–H and O–H groups in total. The fourth-order valence-electron chi connectivity index (χ4n) is 1.71. The molecule has 1 aromatic carbocycles. The first-order valence-corrected chi connectivity index (χ1v) is 5.19.